The van der Waals surface area contributed by atoms with Crippen LogP contribution >= 0.6 is 0 Å². The van der Waals surface area contributed by atoms with Gasteiger partial charge in [0.2, 0.25) is 0 Å². The van der Waals surface area contributed by atoms with Gasteiger partial charge in [0.1, 0.15) is 0 Å². The number of aryl methyl sites for hydroxylation is 1. The third kappa shape index (κ3) is 7.91. The quantitative estimate of drug-likeness (QED) is 0.0491. The number of hydrogen-bond acceptors (Lipinski definition) is 0. The van der Waals surface area contributed by atoms with Gasteiger partial charge in [-0.2, -0.15) is 0 Å². The average molecular weight is 1020 g/mol. The summed E-state index contributed by atoms with van der Waals surface area (Å²) in [6, 6.07) is 30.3. The number of hydrogen-bond donors (Lipinski definition) is 0. The van der Waals surface area contributed by atoms with Crippen molar-refractivity contribution in [3.8, 4) is 0 Å². The van der Waals surface area contributed by atoms with Gasteiger partial charge in [0.25, 0.3) is 0 Å². The summed E-state index contributed by atoms with van der Waals surface area (Å²) in [6.07, 6.45) is 0. The fourth-order valence-electron chi connectivity index (χ4n) is 7.14. The molecule has 0 aromatic heterocycles. The van der Waals surface area contributed by atoms with Crippen LogP contribution in [0.15, 0.2) is 99.6 Å². The van der Waals surface area contributed by atoms with Crippen molar-refractivity contribution in [1.29, 1.82) is 0 Å². The normalized spacial score (nSPS) is 11.6. The Bertz CT molecular complexity index is 2580. The molecule has 0 unspecified atom stereocenters. The van der Waals surface area contributed by atoms with Crippen molar-refractivity contribution in [2.45, 2.75) is 21.6 Å². The Morgan fingerprint density at radius 2 is 0.477 bits per heavy atom. The molecule has 7 rings (SSSR count). The van der Waals surface area contributed by atoms with Crippen molar-refractivity contribution in [3.63, 3.8) is 0 Å². The summed E-state index contributed by atoms with van der Waals surface area (Å²) in [5, 5.41) is 0. The standard InChI is InChI=1S/C19H17S.4C6F5.Ga/c1-16-9-8-14-19(15-16)20(17-10-4-2-5-11-17)18-12-6-3-7-13-18;4*7-2-1-3(8)5(10)6(11)4(2)9;/h2-15H,1H3;;;;;/q+1;;;;;-1. The van der Waals surface area contributed by atoms with Gasteiger partial charge in [-0.05, 0) is 48.9 Å². The predicted molar refractivity (Wildman–Crippen MR) is 195 cm³/mol. The molecule has 0 heterocycles. The zero-order valence-corrected chi connectivity index (χ0v) is 34.9. The second kappa shape index (κ2) is 18.5. The van der Waals surface area contributed by atoms with Crippen LogP contribution in [0, 0.1) is 123 Å². The summed E-state index contributed by atoms with van der Waals surface area (Å²) in [4.78, 5) is 4.11. The SMILES string of the molecule is Cc1cccc([S+](c2ccccc2)c2ccccc2)c1.Fc1c(F)c(F)[c]([Ga-]([c]2c(F)c(F)c(F)c(F)c2F)([c]2c(F)c(F)c(F)c(F)c2F)[c]2c(F)c(F)c(F)c(F)c2F)c(F)c1F. The molecule has 0 bridgehead atoms. The zero-order valence-electron chi connectivity index (χ0n) is 31.6. The molecule has 7 aromatic rings. The van der Waals surface area contributed by atoms with Crippen LogP contribution in [-0.2, 0) is 10.9 Å². The summed E-state index contributed by atoms with van der Waals surface area (Å²) in [7, 11) is -0.0249. The fraction of sp³-hybridized carbons (Fsp3) is 0.0233. The first-order valence-electron chi connectivity index (χ1n) is 17.7. The van der Waals surface area contributed by atoms with E-state index in [0.29, 0.717) is 0 Å². The Morgan fingerprint density at radius 3 is 0.708 bits per heavy atom. The maximum atomic E-state index is 15.4. The van der Waals surface area contributed by atoms with E-state index in [4.69, 9.17) is 0 Å². The third-order valence-electron chi connectivity index (χ3n) is 9.89. The van der Waals surface area contributed by atoms with Crippen LogP contribution in [0.3, 0.4) is 0 Å². The second-order valence-electron chi connectivity index (χ2n) is 13.5. The van der Waals surface area contributed by atoms with E-state index >= 15 is 35.1 Å². The van der Waals surface area contributed by atoms with E-state index in [-0.39, 0.29) is 10.9 Å². The minimum absolute atomic E-state index is 0.0249. The average Bonchev–Trinajstić information content (AvgIpc) is 3.30. The summed E-state index contributed by atoms with van der Waals surface area (Å²) in [5.41, 5.74) is 1.31. The van der Waals surface area contributed by atoms with Gasteiger partial charge < -0.3 is 0 Å². The molecule has 338 valence electrons. The first-order chi connectivity index (χ1) is 30.5. The van der Waals surface area contributed by atoms with Gasteiger partial charge in [-0.3, -0.25) is 0 Å². The summed E-state index contributed by atoms with van der Waals surface area (Å²) in [5.74, 6) is -70.5. The molecule has 22 heteroatoms. The Kier molecular flexibility index (Phi) is 13.9. The summed E-state index contributed by atoms with van der Waals surface area (Å²) >= 11 is -9.74. The van der Waals surface area contributed by atoms with Crippen molar-refractivity contribution < 1.29 is 87.8 Å². The van der Waals surface area contributed by atoms with Crippen LogP contribution in [0.4, 0.5) is 87.8 Å². The Morgan fingerprint density at radius 1 is 0.262 bits per heavy atom. The van der Waals surface area contributed by atoms with Crippen molar-refractivity contribution >= 4 is 42.4 Å². The molecular formula is C43H17F20GaS. The second-order valence-corrected chi connectivity index (χ2v) is 24.1. The van der Waals surface area contributed by atoms with Crippen LogP contribution < -0.4 is 16.5 Å². The predicted octanol–water partition coefficient (Wildman–Crippen LogP) is 10.9. The molecule has 0 amide bonds. The molecule has 0 nitrogen and oxygen atoms in total. The number of benzene rings is 7. The van der Waals surface area contributed by atoms with E-state index in [9.17, 15) is 52.7 Å². The van der Waals surface area contributed by atoms with Crippen LogP contribution in [0.25, 0.3) is 0 Å². The summed E-state index contributed by atoms with van der Waals surface area (Å²) in [6.45, 7) is 2.15. The molecule has 0 aliphatic carbocycles. The topological polar surface area (TPSA) is 0 Å². The molecular weight excluding hydrogens is 998 g/mol. The van der Waals surface area contributed by atoms with Crippen LogP contribution in [0.5, 0.6) is 0 Å². The van der Waals surface area contributed by atoms with E-state index in [0.717, 1.165) is 0 Å². The van der Waals surface area contributed by atoms with Crippen molar-refractivity contribution in [2.24, 2.45) is 0 Å². The molecule has 65 heavy (non-hydrogen) atoms. The monoisotopic (exact) mass is 1010 g/mol. The van der Waals surface area contributed by atoms with Crippen LogP contribution in [0.2, 0.25) is 0 Å². The Balaban J connectivity index is 0.000000289. The Hall–Kier alpha value is -5.87. The maximum absolute atomic E-state index is 15.4. The van der Waals surface area contributed by atoms with E-state index < -0.39 is 148 Å². The number of halogens is 20. The molecule has 0 aliphatic rings. The first kappa shape index (κ1) is 48.6. The van der Waals surface area contributed by atoms with Crippen molar-refractivity contribution in [2.75, 3.05) is 0 Å². The summed E-state index contributed by atoms with van der Waals surface area (Å²) < 4.78 is 281. The molecule has 0 atom stereocenters. The van der Waals surface area contributed by atoms with Gasteiger partial charge >= 0.3 is 236 Å². The minimum atomic E-state index is -9.74. The van der Waals surface area contributed by atoms with Crippen molar-refractivity contribution in [3.05, 3.63) is 207 Å². The molecule has 7 aromatic carbocycles. The molecule has 0 aliphatic heterocycles. The third-order valence-corrected chi connectivity index (χ3v) is 23.6. The van der Waals surface area contributed by atoms with Crippen molar-refractivity contribution in [1.82, 2.24) is 0 Å². The molecule has 0 spiro atoms. The van der Waals surface area contributed by atoms with Gasteiger partial charge in [0.05, 0.1) is 10.9 Å². The molecule has 0 saturated carbocycles. The number of rotatable bonds is 7. The molecule has 0 N–H and O–H groups in total. The molecule has 0 fully saturated rings. The van der Waals surface area contributed by atoms with Crippen LogP contribution in [0.1, 0.15) is 5.56 Å². The molecule has 0 saturated heterocycles. The Labute approximate surface area is 357 Å². The first-order valence-corrected chi connectivity index (χ1v) is 23.8. The van der Waals surface area contributed by atoms with Gasteiger partial charge in [0.15, 0.2) is 14.7 Å². The van der Waals surface area contributed by atoms with Gasteiger partial charge in [0, 0.05) is 0 Å². The van der Waals surface area contributed by atoms with Gasteiger partial charge in [-0.15, -0.1) is 0 Å². The van der Waals surface area contributed by atoms with E-state index in [1.165, 1.54) is 20.2 Å². The van der Waals surface area contributed by atoms with Crippen LogP contribution in [-0.4, -0.2) is 15.0 Å². The molecule has 0 radical (unpaired) electrons. The fourth-order valence-corrected chi connectivity index (χ4v) is 21.5. The van der Waals surface area contributed by atoms with E-state index in [1.807, 2.05) is 0 Å². The zero-order chi connectivity index (χ0) is 48.1. The van der Waals surface area contributed by atoms with Gasteiger partial charge in [-0.1, -0.05) is 48.5 Å². The van der Waals surface area contributed by atoms with E-state index in [1.54, 1.807) is 0 Å². The van der Waals surface area contributed by atoms with E-state index in [2.05, 4.69) is 91.9 Å². The van der Waals surface area contributed by atoms with Gasteiger partial charge in [-0.25, -0.2) is 0 Å².